The third kappa shape index (κ3) is 2.97. The molecule has 2 N–H and O–H groups in total. The first-order valence-corrected chi connectivity index (χ1v) is 6.01. The lowest BCUT2D eigenvalue weighted by Gasteiger charge is -2.09. The molecular weight excluding hydrogens is 287 g/mol. The summed E-state index contributed by atoms with van der Waals surface area (Å²) in [4.78, 5) is 9.83. The van der Waals surface area contributed by atoms with Crippen molar-refractivity contribution in [2.45, 2.75) is 6.54 Å². The van der Waals surface area contributed by atoms with Gasteiger partial charge in [-0.2, -0.15) is 4.39 Å². The molecule has 0 bridgehead atoms. The van der Waals surface area contributed by atoms with Crippen LogP contribution in [-0.4, -0.2) is 10.0 Å². The van der Waals surface area contributed by atoms with Crippen LogP contribution in [0.1, 0.15) is 5.56 Å². The molecule has 0 aliphatic carbocycles. The average Bonchev–Trinajstić information content (AvgIpc) is 2.41. The smallest absolute Gasteiger partial charge is 0.306 e. The third-order valence-corrected chi connectivity index (χ3v) is 3.00. The van der Waals surface area contributed by atoms with Crippen LogP contribution in [0.25, 0.3) is 0 Å². The van der Waals surface area contributed by atoms with Gasteiger partial charge in [0.25, 0.3) is 0 Å². The summed E-state index contributed by atoms with van der Waals surface area (Å²) in [6.07, 6.45) is 0. The van der Waals surface area contributed by atoms with Gasteiger partial charge < -0.3 is 10.4 Å². The monoisotopic (exact) mass is 296 g/mol. The molecule has 0 saturated carbocycles. The lowest BCUT2D eigenvalue weighted by Crippen LogP contribution is -2.01. The van der Waals surface area contributed by atoms with Gasteiger partial charge in [-0.3, -0.25) is 10.1 Å². The molecule has 0 saturated heterocycles. The highest BCUT2D eigenvalue weighted by molar-refractivity contribution is 6.32. The van der Waals surface area contributed by atoms with Gasteiger partial charge in [0.1, 0.15) is 5.75 Å². The minimum absolute atomic E-state index is 0.0571. The molecule has 2 aromatic rings. The Bertz CT molecular complexity index is 664. The highest BCUT2D eigenvalue weighted by Gasteiger charge is 2.14. The summed E-state index contributed by atoms with van der Waals surface area (Å²) < 4.78 is 13.2. The van der Waals surface area contributed by atoms with Gasteiger partial charge in [-0.15, -0.1) is 0 Å². The van der Waals surface area contributed by atoms with Gasteiger partial charge in [0.15, 0.2) is 0 Å². The largest absolute Gasteiger partial charge is 0.506 e. The number of phenols is 1. The summed E-state index contributed by atoms with van der Waals surface area (Å²) in [5.74, 6) is -0.954. The number of hydrogen-bond donors (Lipinski definition) is 2. The molecule has 0 aliphatic heterocycles. The fourth-order valence-corrected chi connectivity index (χ4v) is 1.86. The van der Waals surface area contributed by atoms with Crippen LogP contribution >= 0.6 is 11.6 Å². The Kier molecular flexibility index (Phi) is 4.05. The van der Waals surface area contributed by atoms with E-state index in [0.29, 0.717) is 11.3 Å². The third-order valence-electron chi connectivity index (χ3n) is 2.70. The van der Waals surface area contributed by atoms with Gasteiger partial charge in [0.2, 0.25) is 5.82 Å². The second-order valence-corrected chi connectivity index (χ2v) is 4.43. The van der Waals surface area contributed by atoms with Crippen molar-refractivity contribution in [2.75, 3.05) is 5.32 Å². The van der Waals surface area contributed by atoms with Crippen LogP contribution in [-0.2, 0) is 6.54 Å². The molecule has 7 heteroatoms. The zero-order valence-corrected chi connectivity index (χ0v) is 10.9. The van der Waals surface area contributed by atoms with E-state index in [4.69, 9.17) is 11.6 Å². The van der Waals surface area contributed by atoms with Gasteiger partial charge in [0, 0.05) is 23.9 Å². The molecule has 0 atom stereocenters. The van der Waals surface area contributed by atoms with E-state index in [1.54, 1.807) is 18.2 Å². The lowest BCUT2D eigenvalue weighted by molar-refractivity contribution is -0.387. The fourth-order valence-electron chi connectivity index (χ4n) is 1.66. The Morgan fingerprint density at radius 1 is 1.35 bits per heavy atom. The molecule has 2 aromatic carbocycles. The van der Waals surface area contributed by atoms with Crippen molar-refractivity contribution in [3.8, 4) is 5.75 Å². The fraction of sp³-hybridized carbons (Fsp3) is 0.0769. The number of rotatable bonds is 4. The molecule has 0 heterocycles. The Morgan fingerprint density at radius 3 is 2.80 bits per heavy atom. The van der Waals surface area contributed by atoms with Crippen LogP contribution in [0, 0.1) is 15.9 Å². The number of nitro benzene ring substituents is 1. The summed E-state index contributed by atoms with van der Waals surface area (Å²) in [5, 5.41) is 23.4. The molecule has 0 unspecified atom stereocenters. The molecular formula is C13H10ClFN2O3. The number of anilines is 1. The summed E-state index contributed by atoms with van der Waals surface area (Å²) in [7, 11) is 0. The van der Waals surface area contributed by atoms with Crippen LogP contribution < -0.4 is 5.32 Å². The number of aromatic hydroxyl groups is 1. The van der Waals surface area contributed by atoms with E-state index < -0.39 is 16.4 Å². The molecule has 20 heavy (non-hydrogen) atoms. The lowest BCUT2D eigenvalue weighted by atomic mass is 10.2. The van der Waals surface area contributed by atoms with Gasteiger partial charge in [0.05, 0.1) is 9.95 Å². The zero-order chi connectivity index (χ0) is 14.7. The number of nitrogens with one attached hydrogen (secondary N) is 1. The second kappa shape index (κ2) is 5.75. The Balaban J connectivity index is 2.17. The quantitative estimate of drug-likeness (QED) is 0.666. The summed E-state index contributed by atoms with van der Waals surface area (Å²) in [6, 6.07) is 8.36. The van der Waals surface area contributed by atoms with Gasteiger partial charge in [-0.25, -0.2) is 0 Å². The molecule has 0 spiro atoms. The maximum atomic E-state index is 13.2. The van der Waals surface area contributed by atoms with Crippen LogP contribution in [0.3, 0.4) is 0 Å². The predicted octanol–water partition coefficient (Wildman–Crippen LogP) is 3.71. The SMILES string of the molecule is O=[N+]([O-])c1cc(NCc2cccc(Cl)c2O)ccc1F. The van der Waals surface area contributed by atoms with Crippen molar-refractivity contribution in [3.63, 3.8) is 0 Å². The van der Waals surface area contributed by atoms with E-state index in [9.17, 15) is 19.6 Å². The van der Waals surface area contributed by atoms with Crippen LogP contribution in [0.5, 0.6) is 5.75 Å². The number of para-hydroxylation sites is 1. The molecule has 0 aliphatic rings. The van der Waals surface area contributed by atoms with E-state index in [1.165, 1.54) is 6.07 Å². The van der Waals surface area contributed by atoms with Crippen molar-refractivity contribution < 1.29 is 14.4 Å². The van der Waals surface area contributed by atoms with Crippen LogP contribution in [0.2, 0.25) is 5.02 Å². The first kappa shape index (κ1) is 14.1. The predicted molar refractivity (Wildman–Crippen MR) is 73.5 cm³/mol. The van der Waals surface area contributed by atoms with Gasteiger partial charge >= 0.3 is 5.69 Å². The Morgan fingerprint density at radius 2 is 2.10 bits per heavy atom. The molecule has 0 aromatic heterocycles. The molecule has 0 radical (unpaired) electrons. The van der Waals surface area contributed by atoms with Crippen molar-refractivity contribution in [1.29, 1.82) is 0 Å². The maximum Gasteiger partial charge on any atom is 0.306 e. The van der Waals surface area contributed by atoms with Crippen molar-refractivity contribution >= 4 is 23.0 Å². The number of phenolic OH excluding ortho intramolecular Hbond substituents is 1. The van der Waals surface area contributed by atoms with E-state index in [0.717, 1.165) is 12.1 Å². The first-order valence-electron chi connectivity index (χ1n) is 5.63. The average molecular weight is 297 g/mol. The molecule has 0 amide bonds. The maximum absolute atomic E-state index is 13.2. The number of benzene rings is 2. The van der Waals surface area contributed by atoms with Crippen LogP contribution in [0.15, 0.2) is 36.4 Å². The van der Waals surface area contributed by atoms with E-state index in [2.05, 4.69) is 5.32 Å². The number of halogens is 2. The summed E-state index contributed by atoms with van der Waals surface area (Å²) >= 11 is 5.77. The van der Waals surface area contributed by atoms with E-state index >= 15 is 0 Å². The standard InChI is InChI=1S/C13H10ClFN2O3/c14-10-3-1-2-8(13(10)18)7-16-9-4-5-11(15)12(6-9)17(19)20/h1-6,16,18H,7H2. The topological polar surface area (TPSA) is 75.4 Å². The van der Waals surface area contributed by atoms with Gasteiger partial charge in [-0.1, -0.05) is 23.7 Å². The second-order valence-electron chi connectivity index (χ2n) is 4.02. The van der Waals surface area contributed by atoms with E-state index in [-0.39, 0.29) is 17.3 Å². The van der Waals surface area contributed by atoms with Crippen molar-refractivity contribution in [1.82, 2.24) is 0 Å². The molecule has 0 fully saturated rings. The van der Waals surface area contributed by atoms with Crippen molar-refractivity contribution in [3.05, 3.63) is 62.9 Å². The zero-order valence-electron chi connectivity index (χ0n) is 10.1. The van der Waals surface area contributed by atoms with Crippen molar-refractivity contribution in [2.24, 2.45) is 0 Å². The molecule has 5 nitrogen and oxygen atoms in total. The molecule has 2 rings (SSSR count). The summed E-state index contributed by atoms with van der Waals surface area (Å²) in [6.45, 7) is 0.204. The Hall–Kier alpha value is -2.34. The summed E-state index contributed by atoms with van der Waals surface area (Å²) in [5.41, 5.74) is 0.298. The number of nitro groups is 1. The number of nitrogens with zero attached hydrogens (tertiary/aromatic N) is 1. The van der Waals surface area contributed by atoms with E-state index in [1.807, 2.05) is 0 Å². The molecule has 104 valence electrons. The minimum Gasteiger partial charge on any atom is -0.506 e. The normalized spacial score (nSPS) is 10.3. The Labute approximate surface area is 118 Å². The highest BCUT2D eigenvalue weighted by Crippen LogP contribution is 2.28. The van der Waals surface area contributed by atoms with Crippen LogP contribution in [0.4, 0.5) is 15.8 Å². The first-order chi connectivity index (χ1) is 9.49. The number of hydrogen-bond acceptors (Lipinski definition) is 4. The highest BCUT2D eigenvalue weighted by atomic mass is 35.5. The van der Waals surface area contributed by atoms with Gasteiger partial charge in [-0.05, 0) is 18.2 Å². The minimum atomic E-state index is -0.897.